The Labute approximate surface area is 120 Å². The fourth-order valence-electron chi connectivity index (χ4n) is 2.22. The lowest BCUT2D eigenvalue weighted by Crippen LogP contribution is -2.26. The second kappa shape index (κ2) is 6.35. The number of nitrogens with two attached hydrogens (primary N) is 1. The Hall–Kier alpha value is -2.13. The van der Waals surface area contributed by atoms with Gasteiger partial charge in [-0.15, -0.1) is 0 Å². The number of aryl methyl sites for hydroxylation is 1. The molecular weight excluding hydrogens is 248 g/mol. The summed E-state index contributed by atoms with van der Waals surface area (Å²) in [5.41, 5.74) is 9.57. The van der Waals surface area contributed by atoms with Crippen molar-refractivity contribution in [2.45, 2.75) is 20.0 Å². The normalized spacial score (nSPS) is 10.3. The first-order chi connectivity index (χ1) is 9.61. The summed E-state index contributed by atoms with van der Waals surface area (Å²) in [6.45, 7) is 3.06. The van der Waals surface area contributed by atoms with Crippen molar-refractivity contribution in [3.05, 3.63) is 70.8 Å². The van der Waals surface area contributed by atoms with Crippen molar-refractivity contribution in [3.8, 4) is 0 Å². The second-order valence-corrected chi connectivity index (χ2v) is 5.00. The fourth-order valence-corrected chi connectivity index (χ4v) is 2.22. The lowest BCUT2D eigenvalue weighted by molar-refractivity contribution is 0.0784. The molecule has 0 aliphatic heterocycles. The average Bonchev–Trinajstić information content (AvgIpc) is 2.47. The Morgan fingerprint density at radius 2 is 1.80 bits per heavy atom. The third-order valence-corrected chi connectivity index (χ3v) is 3.37. The summed E-state index contributed by atoms with van der Waals surface area (Å²) in [6, 6.07) is 15.7. The van der Waals surface area contributed by atoms with Crippen LogP contribution in [0.3, 0.4) is 0 Å². The lowest BCUT2D eigenvalue weighted by atomic mass is 10.1. The van der Waals surface area contributed by atoms with Gasteiger partial charge in [-0.25, -0.2) is 0 Å². The molecule has 3 heteroatoms. The molecule has 0 atom stereocenters. The molecular formula is C17H20N2O. The number of nitrogens with zero attached hydrogens (tertiary/aromatic N) is 1. The molecule has 2 rings (SSSR count). The maximum atomic E-state index is 12.4. The highest BCUT2D eigenvalue weighted by atomic mass is 16.2. The smallest absolute Gasteiger partial charge is 0.254 e. The van der Waals surface area contributed by atoms with Gasteiger partial charge < -0.3 is 10.6 Å². The highest BCUT2D eigenvalue weighted by Crippen LogP contribution is 2.13. The van der Waals surface area contributed by atoms with Gasteiger partial charge in [0.1, 0.15) is 0 Å². The van der Waals surface area contributed by atoms with Crippen LogP contribution in [0.15, 0.2) is 48.5 Å². The highest BCUT2D eigenvalue weighted by Gasteiger charge is 2.13. The van der Waals surface area contributed by atoms with E-state index < -0.39 is 0 Å². The minimum Gasteiger partial charge on any atom is -0.337 e. The number of amides is 1. The number of hydrogen-bond donors (Lipinski definition) is 1. The maximum absolute atomic E-state index is 12.4. The van der Waals surface area contributed by atoms with E-state index in [-0.39, 0.29) is 5.91 Å². The minimum absolute atomic E-state index is 0.0428. The summed E-state index contributed by atoms with van der Waals surface area (Å²) in [5, 5.41) is 0. The van der Waals surface area contributed by atoms with E-state index in [0.717, 1.165) is 22.3 Å². The molecule has 0 saturated heterocycles. The van der Waals surface area contributed by atoms with E-state index in [4.69, 9.17) is 5.73 Å². The van der Waals surface area contributed by atoms with Crippen molar-refractivity contribution < 1.29 is 4.79 Å². The van der Waals surface area contributed by atoms with Gasteiger partial charge in [-0.3, -0.25) is 4.79 Å². The van der Waals surface area contributed by atoms with E-state index in [1.807, 2.05) is 62.5 Å². The van der Waals surface area contributed by atoms with Crippen LogP contribution in [0.2, 0.25) is 0 Å². The van der Waals surface area contributed by atoms with Crippen LogP contribution in [0.1, 0.15) is 27.0 Å². The minimum atomic E-state index is 0.0428. The number of benzene rings is 2. The molecule has 0 heterocycles. The van der Waals surface area contributed by atoms with Gasteiger partial charge in [-0.05, 0) is 29.7 Å². The molecule has 0 bridgehead atoms. The molecule has 20 heavy (non-hydrogen) atoms. The van der Waals surface area contributed by atoms with Gasteiger partial charge in [-0.2, -0.15) is 0 Å². The highest BCUT2D eigenvalue weighted by molar-refractivity contribution is 5.95. The average molecular weight is 268 g/mol. The van der Waals surface area contributed by atoms with Gasteiger partial charge in [0.25, 0.3) is 5.91 Å². The van der Waals surface area contributed by atoms with Crippen molar-refractivity contribution in [1.29, 1.82) is 0 Å². The molecule has 3 nitrogen and oxygen atoms in total. The standard InChI is InChI=1S/C17H20N2O/c1-13-6-3-4-9-16(13)17(20)19(2)12-15-8-5-7-14(10-15)11-18/h3-10H,11-12,18H2,1-2H3. The van der Waals surface area contributed by atoms with Gasteiger partial charge in [0.15, 0.2) is 0 Å². The first kappa shape index (κ1) is 14.3. The van der Waals surface area contributed by atoms with Gasteiger partial charge in [-0.1, -0.05) is 42.5 Å². The van der Waals surface area contributed by atoms with Crippen LogP contribution in [0.4, 0.5) is 0 Å². The van der Waals surface area contributed by atoms with Crippen LogP contribution in [0.5, 0.6) is 0 Å². The number of carbonyl (C=O) groups excluding carboxylic acids is 1. The fraction of sp³-hybridized carbons (Fsp3) is 0.235. The summed E-state index contributed by atoms with van der Waals surface area (Å²) in [5.74, 6) is 0.0428. The third kappa shape index (κ3) is 3.25. The molecule has 1 amide bonds. The molecule has 0 aliphatic carbocycles. The molecule has 0 spiro atoms. The van der Waals surface area contributed by atoms with E-state index in [9.17, 15) is 4.79 Å². The van der Waals surface area contributed by atoms with Gasteiger partial charge >= 0.3 is 0 Å². The summed E-state index contributed by atoms with van der Waals surface area (Å²) in [6.07, 6.45) is 0. The van der Waals surface area contributed by atoms with Crippen molar-refractivity contribution in [1.82, 2.24) is 4.90 Å². The quantitative estimate of drug-likeness (QED) is 0.926. The molecule has 2 N–H and O–H groups in total. The molecule has 0 saturated carbocycles. The zero-order valence-electron chi connectivity index (χ0n) is 12.0. The van der Waals surface area contributed by atoms with Crippen LogP contribution in [-0.4, -0.2) is 17.9 Å². The molecule has 0 aromatic heterocycles. The Morgan fingerprint density at radius 1 is 1.10 bits per heavy atom. The van der Waals surface area contributed by atoms with E-state index in [0.29, 0.717) is 13.1 Å². The van der Waals surface area contributed by atoms with Gasteiger partial charge in [0, 0.05) is 25.7 Å². The zero-order valence-corrected chi connectivity index (χ0v) is 12.0. The Balaban J connectivity index is 2.13. The largest absolute Gasteiger partial charge is 0.337 e. The van der Waals surface area contributed by atoms with Crippen LogP contribution in [-0.2, 0) is 13.1 Å². The summed E-state index contributed by atoms with van der Waals surface area (Å²) in [4.78, 5) is 14.2. The van der Waals surface area contributed by atoms with Crippen molar-refractivity contribution in [3.63, 3.8) is 0 Å². The summed E-state index contributed by atoms with van der Waals surface area (Å²) < 4.78 is 0. The van der Waals surface area contributed by atoms with Crippen LogP contribution in [0, 0.1) is 6.92 Å². The first-order valence-corrected chi connectivity index (χ1v) is 6.71. The summed E-state index contributed by atoms with van der Waals surface area (Å²) >= 11 is 0. The molecule has 2 aromatic rings. The Morgan fingerprint density at radius 3 is 2.50 bits per heavy atom. The SMILES string of the molecule is Cc1ccccc1C(=O)N(C)Cc1cccc(CN)c1. The van der Waals surface area contributed by atoms with Crippen LogP contribution < -0.4 is 5.73 Å². The molecule has 104 valence electrons. The van der Waals surface area contributed by atoms with Crippen molar-refractivity contribution in [2.75, 3.05) is 7.05 Å². The predicted molar refractivity (Wildman–Crippen MR) is 81.3 cm³/mol. The second-order valence-electron chi connectivity index (χ2n) is 5.00. The summed E-state index contributed by atoms with van der Waals surface area (Å²) in [7, 11) is 1.82. The first-order valence-electron chi connectivity index (χ1n) is 6.71. The van der Waals surface area contributed by atoms with E-state index >= 15 is 0 Å². The molecule has 0 fully saturated rings. The van der Waals surface area contributed by atoms with Gasteiger partial charge in [0.2, 0.25) is 0 Å². The van der Waals surface area contributed by atoms with Crippen molar-refractivity contribution in [2.24, 2.45) is 5.73 Å². The Kier molecular flexibility index (Phi) is 4.53. The molecule has 2 aromatic carbocycles. The van der Waals surface area contributed by atoms with Crippen LogP contribution >= 0.6 is 0 Å². The molecule has 0 aliphatic rings. The maximum Gasteiger partial charge on any atom is 0.254 e. The topological polar surface area (TPSA) is 46.3 Å². The van der Waals surface area contributed by atoms with E-state index in [2.05, 4.69) is 0 Å². The number of carbonyl (C=O) groups is 1. The predicted octanol–water partition coefficient (Wildman–Crippen LogP) is 2.73. The lowest BCUT2D eigenvalue weighted by Gasteiger charge is -2.18. The number of rotatable bonds is 4. The molecule has 0 unspecified atom stereocenters. The monoisotopic (exact) mass is 268 g/mol. The third-order valence-electron chi connectivity index (χ3n) is 3.37. The van der Waals surface area contributed by atoms with E-state index in [1.165, 1.54) is 0 Å². The number of hydrogen-bond acceptors (Lipinski definition) is 2. The van der Waals surface area contributed by atoms with Gasteiger partial charge in [0.05, 0.1) is 0 Å². The zero-order chi connectivity index (χ0) is 14.5. The van der Waals surface area contributed by atoms with Crippen LogP contribution in [0.25, 0.3) is 0 Å². The van der Waals surface area contributed by atoms with Crippen molar-refractivity contribution >= 4 is 5.91 Å². The van der Waals surface area contributed by atoms with E-state index in [1.54, 1.807) is 4.90 Å². The molecule has 0 radical (unpaired) electrons. The Bertz CT molecular complexity index is 607.